The summed E-state index contributed by atoms with van der Waals surface area (Å²) in [5.74, 6) is 0. The molecule has 0 aromatic heterocycles. The van der Waals surface area contributed by atoms with E-state index in [0.717, 1.165) is 16.7 Å². The fraction of sp³-hybridized carbons (Fsp3) is 1.00. The molecule has 0 aromatic rings. The average molecular weight is 585 g/mol. The van der Waals surface area contributed by atoms with Crippen molar-refractivity contribution in [1.82, 2.24) is 0 Å². The minimum atomic E-state index is -6.72. The molecule has 1 aliphatic heterocycles. The monoisotopic (exact) mass is 584 g/mol. The van der Waals surface area contributed by atoms with Gasteiger partial charge in [-0.3, -0.25) is 0 Å². The SMILES string of the molecule is CCCCCC[N+]1(CC[Si](OC)(OC)OC)CCCC1.O=S(=O)([N-]S(=O)(=O)C(F)(F)F)C(F)(F)F. The van der Waals surface area contributed by atoms with Gasteiger partial charge in [0.2, 0.25) is 0 Å². The van der Waals surface area contributed by atoms with Crippen molar-refractivity contribution in [2.24, 2.45) is 0 Å². The highest BCUT2D eigenvalue weighted by Crippen LogP contribution is 2.36. The fourth-order valence-electron chi connectivity index (χ4n) is 3.58. The first-order chi connectivity index (χ1) is 15.9. The van der Waals surface area contributed by atoms with Crippen molar-refractivity contribution in [3.8, 4) is 0 Å². The molecule has 9 nitrogen and oxygen atoms in total. The summed E-state index contributed by atoms with van der Waals surface area (Å²) in [7, 11) is -10.7. The molecule has 1 rings (SSSR count). The van der Waals surface area contributed by atoms with E-state index in [0.29, 0.717) is 0 Å². The number of likely N-dealkylation sites (tertiary alicyclic amines) is 1. The molecular formula is C17H34F6N2O7S2Si. The molecule has 0 saturated carbocycles. The largest absolute Gasteiger partial charge is 0.505 e. The second-order valence-electron chi connectivity index (χ2n) is 7.97. The summed E-state index contributed by atoms with van der Waals surface area (Å²) in [6.45, 7) is 7.40. The third-order valence-corrected chi connectivity index (χ3v) is 11.0. The topological polar surface area (TPSA) is 110 Å². The zero-order valence-corrected chi connectivity index (χ0v) is 22.7. The Kier molecular flexibility index (Phi) is 13.7. The molecule has 0 amide bonds. The molecule has 0 atom stereocenters. The number of unbranched alkanes of at least 4 members (excludes halogenated alkanes) is 3. The second-order valence-corrected chi connectivity index (χ2v) is 14.5. The number of hydrogen-bond donors (Lipinski definition) is 0. The van der Waals surface area contributed by atoms with Gasteiger partial charge in [-0.25, -0.2) is 16.8 Å². The molecule has 212 valence electrons. The van der Waals surface area contributed by atoms with Gasteiger partial charge in [0.05, 0.1) is 32.2 Å². The summed E-state index contributed by atoms with van der Waals surface area (Å²) in [5, 5.41) is 0. The minimum Gasteiger partial charge on any atom is -0.421 e. The van der Waals surface area contributed by atoms with Crippen LogP contribution in [-0.4, -0.2) is 88.6 Å². The number of rotatable bonds is 13. The maximum atomic E-state index is 11.4. The Hall–Kier alpha value is -0.503. The lowest BCUT2D eigenvalue weighted by Crippen LogP contribution is -2.52. The molecule has 0 aromatic carbocycles. The molecule has 0 N–H and O–H groups in total. The summed E-state index contributed by atoms with van der Waals surface area (Å²) in [6, 6.07) is 0.935. The molecule has 0 bridgehead atoms. The van der Waals surface area contributed by atoms with Gasteiger partial charge in [-0.05, 0) is 12.8 Å². The van der Waals surface area contributed by atoms with Crippen molar-refractivity contribution in [2.45, 2.75) is 62.5 Å². The summed E-state index contributed by atoms with van der Waals surface area (Å²) in [4.78, 5) is 0. The lowest BCUT2D eigenvalue weighted by Gasteiger charge is -2.36. The quantitative estimate of drug-likeness (QED) is 0.139. The van der Waals surface area contributed by atoms with E-state index in [1.165, 1.54) is 62.6 Å². The Bertz CT molecular complexity index is 779. The van der Waals surface area contributed by atoms with Gasteiger partial charge >= 0.3 is 19.8 Å². The molecule has 18 heteroatoms. The van der Waals surface area contributed by atoms with Crippen molar-refractivity contribution in [2.75, 3.05) is 47.5 Å². The van der Waals surface area contributed by atoms with E-state index in [-0.39, 0.29) is 0 Å². The normalized spacial score (nSPS) is 17.2. The van der Waals surface area contributed by atoms with E-state index in [1.54, 1.807) is 21.3 Å². The zero-order valence-electron chi connectivity index (χ0n) is 20.1. The Balaban J connectivity index is 0.000000691. The van der Waals surface area contributed by atoms with Crippen LogP contribution in [0.1, 0.15) is 45.4 Å². The van der Waals surface area contributed by atoms with Crippen LogP contribution in [0.4, 0.5) is 26.3 Å². The van der Waals surface area contributed by atoms with Crippen LogP contribution >= 0.6 is 0 Å². The molecule has 0 unspecified atom stereocenters. The van der Waals surface area contributed by atoms with Crippen molar-refractivity contribution in [3.05, 3.63) is 4.13 Å². The molecule has 0 spiro atoms. The smallest absolute Gasteiger partial charge is 0.421 e. The highest BCUT2D eigenvalue weighted by molar-refractivity contribution is 8.13. The summed E-state index contributed by atoms with van der Waals surface area (Å²) >= 11 is 0. The van der Waals surface area contributed by atoms with Gasteiger partial charge in [0.15, 0.2) is 20.0 Å². The average Bonchev–Trinajstić information content (AvgIpc) is 3.20. The molecule has 1 fully saturated rings. The van der Waals surface area contributed by atoms with Crippen molar-refractivity contribution in [1.29, 1.82) is 0 Å². The van der Waals surface area contributed by atoms with E-state index in [9.17, 15) is 43.2 Å². The summed E-state index contributed by atoms with van der Waals surface area (Å²) in [6.07, 6.45) is 8.15. The van der Waals surface area contributed by atoms with Gasteiger partial charge in [0.1, 0.15) is 0 Å². The first kappa shape index (κ1) is 34.5. The molecular weight excluding hydrogens is 550 g/mol. The Labute approximate surface area is 204 Å². The van der Waals surface area contributed by atoms with Crippen LogP contribution in [0, 0.1) is 0 Å². The van der Waals surface area contributed by atoms with Crippen molar-refractivity contribution in [3.63, 3.8) is 0 Å². The maximum absolute atomic E-state index is 11.4. The van der Waals surface area contributed by atoms with Gasteiger partial charge in [0.25, 0.3) is 0 Å². The van der Waals surface area contributed by atoms with E-state index in [4.69, 9.17) is 13.3 Å². The maximum Gasteiger partial charge on any atom is 0.505 e. The van der Waals surface area contributed by atoms with E-state index in [2.05, 4.69) is 6.92 Å². The first-order valence-corrected chi connectivity index (χ1v) is 15.5. The van der Waals surface area contributed by atoms with Crippen LogP contribution < -0.4 is 0 Å². The molecule has 1 aliphatic rings. The Morgan fingerprint density at radius 1 is 0.771 bits per heavy atom. The Morgan fingerprint density at radius 2 is 1.20 bits per heavy atom. The predicted octanol–water partition coefficient (Wildman–Crippen LogP) is 4.11. The van der Waals surface area contributed by atoms with E-state index >= 15 is 0 Å². The number of halogens is 6. The van der Waals surface area contributed by atoms with Gasteiger partial charge in [-0.1, -0.05) is 19.8 Å². The van der Waals surface area contributed by atoms with Gasteiger partial charge in [0, 0.05) is 34.2 Å². The fourth-order valence-corrected chi connectivity index (χ4v) is 7.15. The molecule has 1 heterocycles. The van der Waals surface area contributed by atoms with E-state index in [1.807, 2.05) is 0 Å². The lowest BCUT2D eigenvalue weighted by molar-refractivity contribution is -0.915. The van der Waals surface area contributed by atoms with Crippen molar-refractivity contribution < 1.29 is 60.9 Å². The number of hydrogen-bond acceptors (Lipinski definition) is 7. The van der Waals surface area contributed by atoms with Crippen LogP contribution in [0.15, 0.2) is 0 Å². The van der Waals surface area contributed by atoms with Crippen LogP contribution in [0.3, 0.4) is 0 Å². The van der Waals surface area contributed by atoms with Crippen molar-refractivity contribution >= 4 is 28.9 Å². The standard InChI is InChI=1S/C15H34NO3Si.C2F6NO4S2/c1-5-6-7-8-11-16(12-9-10-13-16)14-15-20(17-2,18-3)19-4;3-1(4,5)14(10,11)9-15(12,13)2(6,7)8/h5-15H2,1-4H3;/q+1;-1. The zero-order chi connectivity index (χ0) is 27.6. The highest BCUT2D eigenvalue weighted by Gasteiger charge is 2.47. The van der Waals surface area contributed by atoms with Crippen LogP contribution in [0.2, 0.25) is 6.04 Å². The number of nitrogens with zero attached hydrogens (tertiary/aromatic N) is 2. The predicted molar refractivity (Wildman–Crippen MR) is 118 cm³/mol. The lowest BCUT2D eigenvalue weighted by atomic mass is 10.2. The summed E-state index contributed by atoms with van der Waals surface area (Å²) in [5.41, 5.74) is -12.4. The minimum absolute atomic E-state index is 0.778. The molecule has 0 radical (unpaired) electrons. The first-order valence-electron chi connectivity index (χ1n) is 10.7. The Morgan fingerprint density at radius 3 is 1.54 bits per heavy atom. The van der Waals surface area contributed by atoms with Crippen LogP contribution in [0.25, 0.3) is 4.13 Å². The summed E-state index contributed by atoms with van der Waals surface area (Å²) < 4.78 is 127. The number of alkyl halides is 6. The van der Waals surface area contributed by atoms with Gasteiger partial charge < -0.3 is 21.9 Å². The van der Waals surface area contributed by atoms with Gasteiger partial charge in [-0.15, -0.1) is 0 Å². The third-order valence-electron chi connectivity index (χ3n) is 5.61. The number of sulfonamides is 2. The second kappa shape index (κ2) is 13.9. The van der Waals surface area contributed by atoms with Crippen LogP contribution in [0.5, 0.6) is 0 Å². The number of quaternary nitrogens is 1. The third kappa shape index (κ3) is 10.8. The van der Waals surface area contributed by atoms with Gasteiger partial charge in [-0.2, -0.15) is 26.3 Å². The molecule has 1 saturated heterocycles. The molecule has 0 aliphatic carbocycles. The highest BCUT2D eigenvalue weighted by atomic mass is 32.3. The van der Waals surface area contributed by atoms with Crippen LogP contribution in [-0.2, 0) is 33.3 Å². The molecule has 35 heavy (non-hydrogen) atoms. The van der Waals surface area contributed by atoms with E-state index < -0.39 is 39.9 Å².